The van der Waals surface area contributed by atoms with Crippen LogP contribution in [0.15, 0.2) is 69.9 Å². The van der Waals surface area contributed by atoms with Gasteiger partial charge in [0.2, 0.25) is 18.4 Å². The number of carbonyl (C=O) groups excluding carboxylic acids is 1. The first kappa shape index (κ1) is 23.2. The lowest BCUT2D eigenvalue weighted by atomic mass is 9.87. The highest BCUT2D eigenvalue weighted by Gasteiger charge is 2.30. The second kappa shape index (κ2) is 9.61. The smallest absolute Gasteiger partial charge is 0.343 e. The van der Waals surface area contributed by atoms with Crippen molar-refractivity contribution in [3.05, 3.63) is 93.6 Å². The molecule has 1 aromatic heterocycles. The molecule has 184 valence electrons. The number of para-hydroxylation sites is 1. The average molecular weight is 491 g/mol. The molecule has 5 rings (SSSR count). The molecular weight excluding hydrogens is 469 g/mol. The van der Waals surface area contributed by atoms with Crippen LogP contribution in [0.3, 0.4) is 0 Å². The number of halogens is 1. The van der Waals surface area contributed by atoms with Gasteiger partial charge in [0.1, 0.15) is 17.1 Å². The average Bonchev–Trinajstić information content (AvgIpc) is 3.36. The van der Waals surface area contributed by atoms with Gasteiger partial charge < -0.3 is 29.1 Å². The maximum atomic E-state index is 13.2. The maximum absolute atomic E-state index is 13.2. The van der Waals surface area contributed by atoms with Crippen LogP contribution in [-0.2, 0) is 11.3 Å². The van der Waals surface area contributed by atoms with Crippen molar-refractivity contribution in [3.63, 3.8) is 0 Å². The van der Waals surface area contributed by atoms with Crippen LogP contribution in [-0.4, -0.2) is 24.9 Å². The second-order valence-corrected chi connectivity index (χ2v) is 8.26. The van der Waals surface area contributed by atoms with Crippen LogP contribution in [0.4, 0.5) is 4.39 Å². The molecule has 2 heterocycles. The first-order valence-corrected chi connectivity index (χ1v) is 11.2. The van der Waals surface area contributed by atoms with Crippen molar-refractivity contribution in [3.8, 4) is 23.0 Å². The third-order valence-corrected chi connectivity index (χ3v) is 6.04. The second-order valence-electron chi connectivity index (χ2n) is 8.26. The Morgan fingerprint density at radius 3 is 2.69 bits per heavy atom. The van der Waals surface area contributed by atoms with Crippen molar-refractivity contribution in [2.75, 3.05) is 13.9 Å². The minimum atomic E-state index is -0.900. The van der Waals surface area contributed by atoms with Gasteiger partial charge in [-0.05, 0) is 47.5 Å². The molecule has 0 bridgehead atoms. The molecule has 8 nitrogen and oxygen atoms in total. The van der Waals surface area contributed by atoms with E-state index in [0.717, 1.165) is 0 Å². The van der Waals surface area contributed by atoms with Crippen LogP contribution in [0.2, 0.25) is 0 Å². The lowest BCUT2D eigenvalue weighted by Crippen LogP contribution is -2.26. The Morgan fingerprint density at radius 2 is 1.92 bits per heavy atom. The predicted octanol–water partition coefficient (Wildman–Crippen LogP) is 4.21. The first-order valence-electron chi connectivity index (χ1n) is 11.2. The molecule has 0 radical (unpaired) electrons. The summed E-state index contributed by atoms with van der Waals surface area (Å²) in [5.41, 5.74) is 0.599. The van der Waals surface area contributed by atoms with Gasteiger partial charge in [0.25, 0.3) is 0 Å². The zero-order chi connectivity index (χ0) is 25.2. The largest absolute Gasteiger partial charge is 0.507 e. The predicted molar refractivity (Wildman–Crippen MR) is 128 cm³/mol. The SMILES string of the molecule is COc1cc(C(CC(=O)NCc2ccc(F)cc2)c2c(O)c3ccccc3oc2=O)cc2c1OCO2. The van der Waals surface area contributed by atoms with Gasteiger partial charge >= 0.3 is 5.63 Å². The summed E-state index contributed by atoms with van der Waals surface area (Å²) < 4.78 is 35.1. The lowest BCUT2D eigenvalue weighted by Gasteiger charge is -2.20. The van der Waals surface area contributed by atoms with Crippen LogP contribution in [0, 0.1) is 5.82 Å². The fourth-order valence-electron chi connectivity index (χ4n) is 4.25. The minimum absolute atomic E-state index is 0.00132. The summed E-state index contributed by atoms with van der Waals surface area (Å²) in [5, 5.41) is 14.2. The third kappa shape index (κ3) is 4.43. The number of aromatic hydroxyl groups is 1. The zero-order valence-electron chi connectivity index (χ0n) is 19.2. The number of nitrogens with one attached hydrogen (secondary N) is 1. The number of amides is 1. The number of methoxy groups -OCH3 is 1. The number of benzene rings is 3. The van der Waals surface area contributed by atoms with Gasteiger partial charge in [-0.2, -0.15) is 0 Å². The van der Waals surface area contributed by atoms with E-state index in [2.05, 4.69) is 5.32 Å². The topological polar surface area (TPSA) is 107 Å². The van der Waals surface area contributed by atoms with E-state index in [1.807, 2.05) is 0 Å². The van der Waals surface area contributed by atoms with Crippen molar-refractivity contribution in [2.45, 2.75) is 18.9 Å². The molecule has 1 amide bonds. The van der Waals surface area contributed by atoms with Gasteiger partial charge in [-0.25, -0.2) is 9.18 Å². The summed E-state index contributed by atoms with van der Waals surface area (Å²) in [7, 11) is 1.47. The molecule has 1 aliphatic rings. The third-order valence-electron chi connectivity index (χ3n) is 6.04. The molecule has 36 heavy (non-hydrogen) atoms. The van der Waals surface area contributed by atoms with E-state index < -0.39 is 17.5 Å². The molecule has 0 aliphatic carbocycles. The molecule has 0 spiro atoms. The molecule has 3 aromatic carbocycles. The van der Waals surface area contributed by atoms with Gasteiger partial charge in [0.05, 0.1) is 18.1 Å². The summed E-state index contributed by atoms with van der Waals surface area (Å²) in [5.74, 6) is -0.770. The molecule has 9 heteroatoms. The summed E-state index contributed by atoms with van der Waals surface area (Å²) in [4.78, 5) is 26.1. The minimum Gasteiger partial charge on any atom is -0.507 e. The van der Waals surface area contributed by atoms with E-state index in [9.17, 15) is 19.1 Å². The van der Waals surface area contributed by atoms with E-state index in [1.54, 1.807) is 48.5 Å². The van der Waals surface area contributed by atoms with Crippen molar-refractivity contribution >= 4 is 16.9 Å². The van der Waals surface area contributed by atoms with Gasteiger partial charge in [-0.3, -0.25) is 4.79 Å². The molecule has 0 saturated carbocycles. The highest BCUT2D eigenvalue weighted by molar-refractivity contribution is 5.85. The van der Waals surface area contributed by atoms with Crippen LogP contribution in [0.1, 0.15) is 29.0 Å². The van der Waals surface area contributed by atoms with Crippen molar-refractivity contribution in [1.82, 2.24) is 5.32 Å². The Morgan fingerprint density at radius 1 is 1.14 bits per heavy atom. The molecule has 0 fully saturated rings. The highest BCUT2D eigenvalue weighted by Crippen LogP contribution is 2.45. The van der Waals surface area contributed by atoms with Gasteiger partial charge in [-0.15, -0.1) is 0 Å². The molecule has 1 atom stereocenters. The number of ether oxygens (including phenoxy) is 3. The number of rotatable bonds is 7. The monoisotopic (exact) mass is 491 g/mol. The Hall–Kier alpha value is -4.53. The normalized spacial score (nSPS) is 12.9. The molecule has 1 unspecified atom stereocenters. The van der Waals surface area contributed by atoms with Crippen LogP contribution < -0.4 is 25.2 Å². The Balaban J connectivity index is 1.55. The van der Waals surface area contributed by atoms with Crippen LogP contribution in [0.5, 0.6) is 23.0 Å². The number of carbonyl (C=O) groups is 1. The molecule has 1 aliphatic heterocycles. The Bertz CT molecular complexity index is 1500. The quantitative estimate of drug-likeness (QED) is 0.373. The fourth-order valence-corrected chi connectivity index (χ4v) is 4.25. The van der Waals surface area contributed by atoms with E-state index in [4.69, 9.17) is 18.6 Å². The van der Waals surface area contributed by atoms with Gasteiger partial charge in [0, 0.05) is 18.9 Å². The summed E-state index contributed by atoms with van der Waals surface area (Å²) in [6.45, 7) is 0.163. The molecule has 4 aromatic rings. The van der Waals surface area contributed by atoms with E-state index >= 15 is 0 Å². The summed E-state index contributed by atoms with van der Waals surface area (Å²) in [6.07, 6.45) is -0.194. The van der Waals surface area contributed by atoms with Crippen LogP contribution in [0.25, 0.3) is 11.0 Å². The van der Waals surface area contributed by atoms with Crippen molar-refractivity contribution in [1.29, 1.82) is 0 Å². The van der Waals surface area contributed by atoms with Crippen LogP contribution >= 0.6 is 0 Å². The van der Waals surface area contributed by atoms with Crippen molar-refractivity contribution in [2.24, 2.45) is 0 Å². The van der Waals surface area contributed by atoms with Gasteiger partial charge in [0.15, 0.2) is 11.5 Å². The summed E-state index contributed by atoms with van der Waals surface area (Å²) in [6, 6.07) is 15.6. The molecule has 0 saturated heterocycles. The standard InChI is InChI=1S/C27H22FNO7/c1-33-21-10-16(11-22-26(21)35-14-34-22)19(12-23(30)29-13-15-6-8-17(28)9-7-15)24-25(31)18-4-2-3-5-20(18)36-27(24)32/h2-11,19,31H,12-14H2,1H3,(H,29,30). The maximum Gasteiger partial charge on any atom is 0.343 e. The highest BCUT2D eigenvalue weighted by atomic mass is 19.1. The Labute approximate surface area is 204 Å². The summed E-state index contributed by atoms with van der Waals surface area (Å²) >= 11 is 0. The van der Waals surface area contributed by atoms with E-state index in [0.29, 0.717) is 33.8 Å². The Kier molecular flexibility index (Phi) is 6.20. The number of hydrogen-bond donors (Lipinski definition) is 2. The molecular formula is C27H22FNO7. The fraction of sp³-hybridized carbons (Fsp3) is 0.185. The van der Waals surface area contributed by atoms with Gasteiger partial charge in [-0.1, -0.05) is 24.3 Å². The van der Waals surface area contributed by atoms with Crippen molar-refractivity contribution < 1.29 is 32.9 Å². The molecule has 2 N–H and O–H groups in total. The number of fused-ring (bicyclic) bond motifs is 2. The van der Waals surface area contributed by atoms with E-state index in [1.165, 1.54) is 19.2 Å². The van der Waals surface area contributed by atoms with E-state index in [-0.39, 0.29) is 42.5 Å². The lowest BCUT2D eigenvalue weighted by molar-refractivity contribution is -0.121. The number of hydrogen-bond acceptors (Lipinski definition) is 7. The first-order chi connectivity index (χ1) is 17.4. The zero-order valence-corrected chi connectivity index (χ0v) is 19.2.